The summed E-state index contributed by atoms with van der Waals surface area (Å²) in [5, 5.41) is 2.68. The smallest absolute Gasteiger partial charge is 0.408 e. The number of benzene rings is 1. The molecule has 0 aliphatic carbocycles. The molecule has 1 aromatic carbocycles. The van der Waals surface area contributed by atoms with Crippen molar-refractivity contribution >= 4 is 12.0 Å². The molecule has 0 aromatic heterocycles. The van der Waals surface area contributed by atoms with Crippen molar-refractivity contribution < 1.29 is 32.3 Å². The molecule has 6 nitrogen and oxygen atoms in total. The molecule has 0 saturated carbocycles. The Kier molecular flexibility index (Phi) is 6.65. The third-order valence-corrected chi connectivity index (χ3v) is 3.40. The van der Waals surface area contributed by atoms with Crippen molar-refractivity contribution in [1.82, 2.24) is 10.4 Å². The summed E-state index contributed by atoms with van der Waals surface area (Å²) in [7, 11) is 2.03. The Morgan fingerprint density at radius 1 is 1.23 bits per heavy atom. The zero-order valence-corrected chi connectivity index (χ0v) is 15.5. The van der Waals surface area contributed by atoms with Crippen LogP contribution in [-0.2, 0) is 20.3 Å². The molecule has 0 unspecified atom stereocenters. The van der Waals surface area contributed by atoms with Crippen molar-refractivity contribution in [2.24, 2.45) is 0 Å². The van der Waals surface area contributed by atoms with Crippen LogP contribution in [0.15, 0.2) is 18.2 Å². The van der Waals surface area contributed by atoms with E-state index >= 15 is 0 Å². The highest BCUT2D eigenvalue weighted by Crippen LogP contribution is 2.34. The van der Waals surface area contributed by atoms with Crippen LogP contribution in [0, 0.1) is 5.82 Å². The third-order valence-electron chi connectivity index (χ3n) is 3.40. The number of likely N-dealkylation sites (N-methyl/N-ethyl adjacent to an activating group) is 1. The maximum atomic E-state index is 14.7. The minimum absolute atomic E-state index is 0.207. The Bertz CT molecular complexity index is 674. The van der Waals surface area contributed by atoms with Crippen LogP contribution in [0.2, 0.25) is 0 Å². The van der Waals surface area contributed by atoms with Crippen molar-refractivity contribution in [1.29, 1.82) is 0 Å². The fourth-order valence-electron chi connectivity index (χ4n) is 2.08. The second kappa shape index (κ2) is 7.94. The average Bonchev–Trinajstić information content (AvgIpc) is 2.51. The molecule has 146 valence electrons. The second-order valence-electron chi connectivity index (χ2n) is 6.64. The molecule has 9 heteroatoms. The van der Waals surface area contributed by atoms with Crippen LogP contribution in [0.4, 0.5) is 18.0 Å². The van der Waals surface area contributed by atoms with E-state index in [9.17, 15) is 22.8 Å². The highest BCUT2D eigenvalue weighted by Gasteiger charge is 2.46. The van der Waals surface area contributed by atoms with Crippen molar-refractivity contribution in [3.8, 4) is 0 Å². The molecule has 1 atom stereocenters. The van der Waals surface area contributed by atoms with Crippen molar-refractivity contribution in [2.45, 2.75) is 45.3 Å². The van der Waals surface area contributed by atoms with Gasteiger partial charge in [-0.3, -0.25) is 9.63 Å². The quantitative estimate of drug-likeness (QED) is 0.799. The van der Waals surface area contributed by atoms with Gasteiger partial charge < -0.3 is 10.1 Å². The summed E-state index contributed by atoms with van der Waals surface area (Å²) < 4.78 is 48.4. The summed E-state index contributed by atoms with van der Waals surface area (Å²) in [6.45, 7) is 6.36. The molecule has 0 aliphatic rings. The lowest BCUT2D eigenvalue weighted by molar-refractivity contribution is -0.196. The average molecular weight is 376 g/mol. The molecule has 0 saturated heterocycles. The van der Waals surface area contributed by atoms with Gasteiger partial charge in [-0.2, -0.15) is 8.78 Å². The first kappa shape index (κ1) is 21.8. The number of rotatable bonds is 5. The molecular formula is C17H23F3N2O4. The summed E-state index contributed by atoms with van der Waals surface area (Å²) in [6, 6.07) is 2.26. The number of amides is 2. The Labute approximate surface area is 150 Å². The monoisotopic (exact) mass is 376 g/mol. The van der Waals surface area contributed by atoms with Crippen molar-refractivity contribution in [3.05, 3.63) is 35.1 Å². The first-order valence-corrected chi connectivity index (χ1v) is 7.79. The predicted molar refractivity (Wildman–Crippen MR) is 87.9 cm³/mol. The molecule has 26 heavy (non-hydrogen) atoms. The van der Waals surface area contributed by atoms with E-state index < -0.39 is 40.9 Å². The van der Waals surface area contributed by atoms with Gasteiger partial charge in [0.05, 0.1) is 18.7 Å². The molecular weight excluding hydrogens is 353 g/mol. The van der Waals surface area contributed by atoms with E-state index in [1.165, 1.54) is 19.1 Å². The highest BCUT2D eigenvalue weighted by atomic mass is 19.3. The Morgan fingerprint density at radius 3 is 2.31 bits per heavy atom. The van der Waals surface area contributed by atoms with E-state index in [1.54, 1.807) is 20.8 Å². The normalized spacial score (nSPS) is 13.1. The number of nitrogens with zero attached hydrogens (tertiary/aromatic N) is 1. The summed E-state index contributed by atoms with van der Waals surface area (Å²) in [4.78, 5) is 28.0. The molecule has 0 radical (unpaired) electrons. The molecule has 0 heterocycles. The molecule has 2 amide bonds. The van der Waals surface area contributed by atoms with Crippen LogP contribution in [0.25, 0.3) is 0 Å². The third kappa shape index (κ3) is 5.10. The minimum Gasteiger partial charge on any atom is -0.444 e. The number of halogens is 3. The van der Waals surface area contributed by atoms with Gasteiger partial charge in [0, 0.05) is 12.6 Å². The van der Waals surface area contributed by atoms with Crippen LogP contribution in [0.1, 0.15) is 44.9 Å². The number of nitrogens with one attached hydrogen (secondary N) is 1. The van der Waals surface area contributed by atoms with E-state index in [0.717, 1.165) is 20.2 Å². The largest absolute Gasteiger partial charge is 0.444 e. The number of hydrogen-bond acceptors (Lipinski definition) is 4. The molecule has 0 spiro atoms. The van der Waals surface area contributed by atoms with Gasteiger partial charge in [-0.05, 0) is 33.8 Å². The second-order valence-corrected chi connectivity index (χ2v) is 6.64. The summed E-state index contributed by atoms with van der Waals surface area (Å²) in [6.07, 6.45) is -0.822. The standard InChI is InChI=1S/C17H23F3N2O4/c1-10(21-15(24)26-16(2,3)4)11-8-7-9-12(13(11)18)17(19,20)14(23)22(5)25-6/h7-10H,1-6H3,(H,21,24)/t10-/m1/s1. The Hall–Kier alpha value is -2.29. The van der Waals surface area contributed by atoms with Gasteiger partial charge in [0.25, 0.3) is 0 Å². The van der Waals surface area contributed by atoms with Gasteiger partial charge in [0.1, 0.15) is 11.4 Å². The maximum absolute atomic E-state index is 14.7. The highest BCUT2D eigenvalue weighted by molar-refractivity contribution is 5.84. The number of alkyl carbamates (subject to hydrolysis) is 1. The Morgan fingerprint density at radius 2 is 1.81 bits per heavy atom. The maximum Gasteiger partial charge on any atom is 0.408 e. The first-order valence-electron chi connectivity index (χ1n) is 7.79. The van der Waals surface area contributed by atoms with Crippen LogP contribution >= 0.6 is 0 Å². The molecule has 0 fully saturated rings. The van der Waals surface area contributed by atoms with Crippen molar-refractivity contribution in [3.63, 3.8) is 0 Å². The predicted octanol–water partition coefficient (Wildman–Crippen LogP) is 3.52. The fraction of sp³-hybridized carbons (Fsp3) is 0.529. The zero-order chi connectivity index (χ0) is 20.3. The summed E-state index contributed by atoms with van der Waals surface area (Å²) in [5.41, 5.74) is -2.09. The SMILES string of the molecule is CON(C)C(=O)C(F)(F)c1cccc([C@@H](C)NC(=O)OC(C)(C)C)c1F. The van der Waals surface area contributed by atoms with E-state index in [2.05, 4.69) is 10.2 Å². The van der Waals surface area contributed by atoms with Crippen LogP contribution in [0.3, 0.4) is 0 Å². The number of carbonyl (C=O) groups is 2. The van der Waals surface area contributed by atoms with E-state index in [0.29, 0.717) is 5.06 Å². The van der Waals surface area contributed by atoms with Gasteiger partial charge in [0.2, 0.25) is 0 Å². The molecule has 0 bridgehead atoms. The summed E-state index contributed by atoms with van der Waals surface area (Å²) >= 11 is 0. The minimum atomic E-state index is -4.14. The topological polar surface area (TPSA) is 67.9 Å². The summed E-state index contributed by atoms with van der Waals surface area (Å²) in [5.74, 6) is -7.15. The van der Waals surface area contributed by atoms with Crippen LogP contribution < -0.4 is 5.32 Å². The lowest BCUT2D eigenvalue weighted by atomic mass is 9.99. The van der Waals surface area contributed by atoms with Crippen molar-refractivity contribution in [2.75, 3.05) is 14.2 Å². The van der Waals surface area contributed by atoms with Gasteiger partial charge >= 0.3 is 17.9 Å². The number of hydroxylamine groups is 2. The van der Waals surface area contributed by atoms with Gasteiger partial charge in [-0.1, -0.05) is 12.1 Å². The molecule has 1 N–H and O–H groups in total. The number of alkyl halides is 2. The fourth-order valence-corrected chi connectivity index (χ4v) is 2.08. The van der Waals surface area contributed by atoms with Gasteiger partial charge in [0.15, 0.2) is 0 Å². The molecule has 0 aliphatic heterocycles. The van der Waals surface area contributed by atoms with E-state index in [-0.39, 0.29) is 5.56 Å². The first-order chi connectivity index (χ1) is 11.8. The number of ether oxygens (including phenoxy) is 1. The number of hydrogen-bond donors (Lipinski definition) is 1. The van der Waals surface area contributed by atoms with E-state index in [1.807, 2.05) is 0 Å². The van der Waals surface area contributed by atoms with Gasteiger partial charge in [-0.15, -0.1) is 0 Å². The number of carbonyl (C=O) groups excluding carboxylic acids is 2. The van der Waals surface area contributed by atoms with Crippen LogP contribution in [-0.4, -0.2) is 36.8 Å². The molecule has 1 rings (SSSR count). The lowest BCUT2D eigenvalue weighted by Crippen LogP contribution is -2.40. The lowest BCUT2D eigenvalue weighted by Gasteiger charge is -2.24. The zero-order valence-electron chi connectivity index (χ0n) is 15.5. The van der Waals surface area contributed by atoms with Gasteiger partial charge in [-0.25, -0.2) is 14.2 Å². The molecule has 1 aromatic rings. The van der Waals surface area contributed by atoms with E-state index in [4.69, 9.17) is 4.74 Å². The Balaban J connectivity index is 3.13. The van der Waals surface area contributed by atoms with Crippen LogP contribution in [0.5, 0.6) is 0 Å².